The number of halogens is 4. The normalized spacial score (nSPS) is 11.1. The predicted molar refractivity (Wildman–Crippen MR) is 229 cm³/mol. The minimum absolute atomic E-state index is 0.0154. The van der Waals surface area contributed by atoms with E-state index in [-0.39, 0.29) is 58.1 Å². The van der Waals surface area contributed by atoms with Gasteiger partial charge in [0.1, 0.15) is 22.8 Å². The molecule has 0 radical (unpaired) electrons. The molecule has 0 saturated carbocycles. The predicted octanol–water partition coefficient (Wildman–Crippen LogP) is 5.10. The Kier molecular flexibility index (Phi) is 14.7. The number of amides is 4. The number of aryl methyl sites for hydroxylation is 2. The van der Waals surface area contributed by atoms with Crippen LogP contribution in [0.5, 0.6) is 0 Å². The van der Waals surface area contributed by atoms with Gasteiger partial charge in [-0.25, -0.2) is 17.6 Å². The molecule has 0 spiro atoms. The van der Waals surface area contributed by atoms with Gasteiger partial charge in [-0.2, -0.15) is 0 Å². The number of aromatic nitrogens is 8. The lowest BCUT2D eigenvalue weighted by molar-refractivity contribution is -0.117. The smallest absolute Gasteiger partial charge is 0.292 e. The average Bonchev–Trinajstić information content (AvgIpc) is 4.04. The van der Waals surface area contributed by atoms with Crippen LogP contribution in [0.15, 0.2) is 48.8 Å². The zero-order valence-corrected chi connectivity index (χ0v) is 36.8. The van der Waals surface area contributed by atoms with Gasteiger partial charge in [-0.3, -0.25) is 38.1 Å². The van der Waals surface area contributed by atoms with Crippen LogP contribution < -0.4 is 21.3 Å². The summed E-state index contributed by atoms with van der Waals surface area (Å²) in [5, 5.41) is 26.4. The van der Waals surface area contributed by atoms with E-state index in [1.54, 1.807) is 49.7 Å². The molecule has 4 amide bonds. The van der Waals surface area contributed by atoms with E-state index >= 15 is 0 Å². The van der Waals surface area contributed by atoms with Gasteiger partial charge >= 0.3 is 0 Å². The number of benzene rings is 2. The van der Waals surface area contributed by atoms with E-state index in [0.717, 1.165) is 49.9 Å². The number of carbonyl (C=O) groups is 6. The van der Waals surface area contributed by atoms with Crippen molar-refractivity contribution in [2.24, 2.45) is 14.1 Å². The van der Waals surface area contributed by atoms with E-state index in [1.807, 2.05) is 0 Å². The Balaban J connectivity index is 0.897. The van der Waals surface area contributed by atoms with Crippen LogP contribution in [0.1, 0.15) is 101 Å². The van der Waals surface area contributed by atoms with Gasteiger partial charge in [0.05, 0.1) is 36.6 Å². The highest BCUT2D eigenvalue weighted by Gasteiger charge is 2.30. The van der Waals surface area contributed by atoms with Crippen LogP contribution in [0.2, 0.25) is 0 Å². The molecular formula is C44H46F4N12O6. The second-order valence-electron chi connectivity index (χ2n) is 15.5. The molecule has 346 valence electrons. The lowest BCUT2D eigenvalue weighted by Crippen LogP contribution is -2.31. The van der Waals surface area contributed by atoms with Crippen molar-refractivity contribution in [1.82, 2.24) is 49.8 Å². The fourth-order valence-corrected chi connectivity index (χ4v) is 7.48. The fraction of sp³-hybridized carbons (Fsp3) is 0.318. The second-order valence-corrected chi connectivity index (χ2v) is 15.5. The molecule has 0 fully saturated rings. The first kappa shape index (κ1) is 47.7. The highest BCUT2D eigenvalue weighted by molar-refractivity contribution is 6.44. The molecule has 66 heavy (non-hydrogen) atoms. The van der Waals surface area contributed by atoms with E-state index in [4.69, 9.17) is 0 Å². The molecule has 22 heteroatoms. The van der Waals surface area contributed by atoms with Crippen LogP contribution in [0, 0.1) is 51.0 Å². The molecule has 4 aromatic heterocycles. The number of hydrogen-bond donors (Lipinski definition) is 4. The van der Waals surface area contributed by atoms with Gasteiger partial charge in [0.25, 0.3) is 35.2 Å². The summed E-state index contributed by atoms with van der Waals surface area (Å²) < 4.78 is 60.2. The van der Waals surface area contributed by atoms with Crippen molar-refractivity contribution in [3.63, 3.8) is 0 Å². The van der Waals surface area contributed by atoms with E-state index in [2.05, 4.69) is 41.9 Å². The van der Waals surface area contributed by atoms with Crippen molar-refractivity contribution >= 4 is 46.6 Å². The summed E-state index contributed by atoms with van der Waals surface area (Å²) in [5.41, 5.74) is 2.32. The molecular weight excluding hydrogens is 869 g/mol. The van der Waals surface area contributed by atoms with E-state index in [1.165, 1.54) is 35.1 Å². The quantitative estimate of drug-likeness (QED) is 0.0364. The number of nitrogens with one attached hydrogen (secondary N) is 4. The van der Waals surface area contributed by atoms with E-state index < -0.39 is 58.5 Å². The van der Waals surface area contributed by atoms with Crippen molar-refractivity contribution in [2.45, 2.75) is 79.6 Å². The fourth-order valence-electron chi connectivity index (χ4n) is 7.48. The third kappa shape index (κ3) is 10.6. The lowest BCUT2D eigenvalue weighted by atomic mass is 10.0. The summed E-state index contributed by atoms with van der Waals surface area (Å²) in [5.74, 6) is -9.30. The Hall–Kier alpha value is -7.78. The highest BCUT2D eigenvalue weighted by Crippen LogP contribution is 2.25. The number of Topliss-reactive ketones (excluding diaryl/α,β-unsaturated/α-hetero) is 2. The van der Waals surface area contributed by atoms with Crippen molar-refractivity contribution in [2.75, 3.05) is 10.6 Å². The first-order chi connectivity index (χ1) is 31.4. The van der Waals surface area contributed by atoms with Crippen LogP contribution in [0.25, 0.3) is 0 Å². The van der Waals surface area contributed by atoms with Crippen LogP contribution in [-0.2, 0) is 49.9 Å². The van der Waals surface area contributed by atoms with Gasteiger partial charge in [-0.15, -0.1) is 10.2 Å². The Morgan fingerprint density at radius 2 is 0.924 bits per heavy atom. The van der Waals surface area contributed by atoms with Gasteiger partial charge in [0, 0.05) is 62.1 Å². The third-order valence-corrected chi connectivity index (χ3v) is 11.1. The Bertz CT molecular complexity index is 2690. The summed E-state index contributed by atoms with van der Waals surface area (Å²) in [7, 11) is 3.09. The van der Waals surface area contributed by atoms with Gasteiger partial charge in [-0.05, 0) is 75.9 Å². The number of hydrogen-bond acceptors (Lipinski definition) is 10. The molecule has 0 atom stereocenters. The molecule has 18 nitrogen and oxygen atoms in total. The first-order valence-electron chi connectivity index (χ1n) is 20.6. The highest BCUT2D eigenvalue weighted by atomic mass is 19.2. The summed E-state index contributed by atoms with van der Waals surface area (Å²) in [6, 6.07) is 5.82. The number of rotatable bonds is 19. The number of ketones is 2. The van der Waals surface area contributed by atoms with Gasteiger partial charge in [0.2, 0.25) is 0 Å². The summed E-state index contributed by atoms with van der Waals surface area (Å²) in [6.45, 7) is 7.17. The first-order valence-corrected chi connectivity index (χ1v) is 20.6. The van der Waals surface area contributed by atoms with Gasteiger partial charge in [0.15, 0.2) is 23.3 Å². The molecule has 0 saturated heterocycles. The monoisotopic (exact) mass is 914 g/mol. The third-order valence-electron chi connectivity index (χ3n) is 11.1. The molecule has 0 bridgehead atoms. The van der Waals surface area contributed by atoms with Crippen LogP contribution >= 0.6 is 0 Å². The Morgan fingerprint density at radius 1 is 0.545 bits per heavy atom. The molecule has 6 rings (SSSR count). The van der Waals surface area contributed by atoms with Gasteiger partial charge in [-0.1, -0.05) is 23.3 Å². The largest absolute Gasteiger partial charge is 0.343 e. The Labute approximate surface area is 374 Å². The molecule has 6 aromatic rings. The summed E-state index contributed by atoms with van der Waals surface area (Å²) in [4.78, 5) is 78.4. The van der Waals surface area contributed by atoms with Crippen LogP contribution in [0.4, 0.5) is 28.9 Å². The van der Waals surface area contributed by atoms with Crippen molar-refractivity contribution < 1.29 is 46.3 Å². The number of anilines is 2. The summed E-state index contributed by atoms with van der Waals surface area (Å²) in [6.07, 6.45) is 6.57. The standard InChI is InChI=1S/C44H46F4N12O6/c1-23-35(25(3)57(5)37(23)41(63)51-27-11-13-31(45)33(47)17-27)39(61)43(65)49-19-29-21-59(55-53-29)15-9-7-8-10-16-60-22-30(54-56-60)20-50-44(66)40(62)36-24(2)38(58(6)26(36)4)42(64)52-28-12-14-32(46)34(48)18-28/h11-14,17-18,21-22H,7-10,15-16,19-20H2,1-6H3,(H,49,65)(H,50,66)(H,51,63)(H,52,64). The van der Waals surface area contributed by atoms with Crippen molar-refractivity contribution in [3.05, 3.63) is 128 Å². The number of carbonyl (C=O) groups excluding carboxylic acids is 6. The molecule has 0 unspecified atom stereocenters. The molecule has 0 aliphatic rings. The maximum atomic E-state index is 13.7. The lowest BCUT2D eigenvalue weighted by Gasteiger charge is -2.08. The zero-order chi connectivity index (χ0) is 48.0. The van der Waals surface area contributed by atoms with Gasteiger partial charge < -0.3 is 30.4 Å². The minimum atomic E-state index is -1.14. The van der Waals surface area contributed by atoms with Crippen LogP contribution in [-0.4, -0.2) is 74.3 Å². The van der Waals surface area contributed by atoms with E-state index in [0.29, 0.717) is 35.9 Å². The molecule has 0 aliphatic carbocycles. The Morgan fingerprint density at radius 3 is 1.29 bits per heavy atom. The maximum Gasteiger partial charge on any atom is 0.292 e. The maximum absolute atomic E-state index is 13.7. The molecule has 4 N–H and O–H groups in total. The SMILES string of the molecule is Cc1c(C(=O)C(=O)NCc2cn(CCCCCCn3cc(CNC(=O)C(=O)c4c(C)c(C(=O)Nc5ccc(F)c(F)c5)n(C)c4C)nn3)nn2)c(C)n(C)c1C(=O)Nc1ccc(F)c(F)c1. The number of nitrogens with zero attached hydrogens (tertiary/aromatic N) is 8. The van der Waals surface area contributed by atoms with Crippen LogP contribution in [0.3, 0.4) is 0 Å². The van der Waals surface area contributed by atoms with Crippen molar-refractivity contribution in [3.8, 4) is 0 Å². The molecule has 2 aromatic carbocycles. The molecule has 4 heterocycles. The second kappa shape index (κ2) is 20.4. The average molecular weight is 915 g/mol. The summed E-state index contributed by atoms with van der Waals surface area (Å²) >= 11 is 0. The topological polar surface area (TPSA) is 222 Å². The number of unbranched alkanes of at least 4 members (excludes halogenated alkanes) is 3. The van der Waals surface area contributed by atoms with Crippen molar-refractivity contribution in [1.29, 1.82) is 0 Å². The van der Waals surface area contributed by atoms with E-state index in [9.17, 15) is 46.3 Å². The zero-order valence-electron chi connectivity index (χ0n) is 36.8. The minimum Gasteiger partial charge on any atom is -0.343 e. The molecule has 0 aliphatic heterocycles.